The zero-order chi connectivity index (χ0) is 26.1. The minimum Gasteiger partial charge on any atom is -0.367 e. The van der Waals surface area contributed by atoms with Gasteiger partial charge in [0, 0.05) is 42.7 Å². The van der Waals surface area contributed by atoms with Crippen LogP contribution in [0.5, 0.6) is 0 Å². The third kappa shape index (κ3) is 5.74. The van der Waals surface area contributed by atoms with Gasteiger partial charge in [-0.15, -0.1) is 0 Å². The van der Waals surface area contributed by atoms with E-state index in [0.29, 0.717) is 23.7 Å². The summed E-state index contributed by atoms with van der Waals surface area (Å²) in [6, 6.07) is 2.33. The highest BCUT2D eigenvalue weighted by molar-refractivity contribution is 6.14. The zero-order valence-corrected chi connectivity index (χ0v) is 21.5. The third-order valence-corrected chi connectivity index (χ3v) is 7.75. The molecule has 4 amide bonds. The largest absolute Gasteiger partial charge is 0.367 e. The first-order valence-electron chi connectivity index (χ1n) is 13.8. The van der Waals surface area contributed by atoms with E-state index >= 15 is 0 Å². The average molecular weight is 522 g/mol. The van der Waals surface area contributed by atoms with Crippen molar-refractivity contribution >= 4 is 41.2 Å². The molecular weight excluding hydrogens is 486 g/mol. The van der Waals surface area contributed by atoms with Gasteiger partial charge < -0.3 is 26.2 Å². The first-order valence-corrected chi connectivity index (χ1v) is 13.8. The van der Waals surface area contributed by atoms with Gasteiger partial charge in [0.05, 0.1) is 6.20 Å². The van der Waals surface area contributed by atoms with Gasteiger partial charge in [0.15, 0.2) is 5.65 Å². The second-order valence-corrected chi connectivity index (χ2v) is 10.8. The lowest BCUT2D eigenvalue weighted by Gasteiger charge is -2.30. The maximum Gasteiger partial charge on any atom is 0.326 e. The lowest BCUT2D eigenvalue weighted by molar-refractivity contribution is -0.122. The molecule has 6 rings (SSSR count). The molecule has 202 valence electrons. The smallest absolute Gasteiger partial charge is 0.326 e. The molecule has 2 saturated heterocycles. The number of fused-ring (bicyclic) bond motifs is 1. The first kappa shape index (κ1) is 24.7. The fraction of sp³-hybridized carbons (Fsp3) is 0.577. The summed E-state index contributed by atoms with van der Waals surface area (Å²) in [7, 11) is 0. The molecule has 2 aromatic heterocycles. The lowest BCUT2D eigenvalue weighted by atomic mass is 9.91. The molecular formula is C26H35N9O3. The quantitative estimate of drug-likeness (QED) is 0.248. The van der Waals surface area contributed by atoms with Crippen molar-refractivity contribution in [1.82, 2.24) is 35.4 Å². The fourth-order valence-electron chi connectivity index (χ4n) is 5.49. The van der Waals surface area contributed by atoms with E-state index in [1.165, 1.54) is 12.8 Å². The Balaban J connectivity index is 1.10. The van der Waals surface area contributed by atoms with E-state index in [1.54, 1.807) is 16.8 Å². The van der Waals surface area contributed by atoms with Gasteiger partial charge in [0.2, 0.25) is 5.91 Å². The molecule has 2 saturated carbocycles. The molecule has 0 atom stereocenters. The average Bonchev–Trinajstić information content (AvgIpc) is 3.24. The van der Waals surface area contributed by atoms with Crippen LogP contribution in [0.4, 0.5) is 16.4 Å². The summed E-state index contributed by atoms with van der Waals surface area (Å²) in [5.74, 6) is 1.26. The minimum absolute atomic E-state index is 0.158. The summed E-state index contributed by atoms with van der Waals surface area (Å²) in [4.78, 5) is 43.2. The van der Waals surface area contributed by atoms with Gasteiger partial charge in [-0.25, -0.2) is 9.78 Å². The van der Waals surface area contributed by atoms with Gasteiger partial charge in [0.25, 0.3) is 5.91 Å². The number of amides is 4. The molecule has 0 radical (unpaired) electrons. The van der Waals surface area contributed by atoms with Gasteiger partial charge in [-0.3, -0.25) is 14.9 Å². The molecule has 4 fully saturated rings. The molecule has 2 aliphatic heterocycles. The van der Waals surface area contributed by atoms with Gasteiger partial charge >= 0.3 is 6.03 Å². The molecule has 12 nitrogen and oxygen atoms in total. The van der Waals surface area contributed by atoms with Crippen LogP contribution in [0, 0.1) is 0 Å². The Morgan fingerprint density at radius 1 is 1.00 bits per heavy atom. The highest BCUT2D eigenvalue weighted by atomic mass is 16.2. The Hall–Kier alpha value is -3.67. The number of aromatic nitrogens is 3. The molecule has 4 heterocycles. The van der Waals surface area contributed by atoms with E-state index in [9.17, 15) is 14.4 Å². The molecule has 2 aliphatic carbocycles. The molecule has 5 N–H and O–H groups in total. The number of nitrogens with one attached hydrogen (secondary N) is 5. The number of carbonyl (C=O) groups excluding carboxylic acids is 3. The van der Waals surface area contributed by atoms with Crippen molar-refractivity contribution in [2.75, 3.05) is 30.3 Å². The minimum atomic E-state index is -0.539. The Kier molecular flexibility index (Phi) is 6.88. The van der Waals surface area contributed by atoms with E-state index in [-0.39, 0.29) is 23.7 Å². The predicted molar refractivity (Wildman–Crippen MR) is 142 cm³/mol. The maximum absolute atomic E-state index is 12.4. The molecule has 0 aromatic carbocycles. The normalized spacial score (nSPS) is 25.0. The van der Waals surface area contributed by atoms with Crippen LogP contribution in [0.2, 0.25) is 0 Å². The molecule has 4 aliphatic rings. The lowest BCUT2D eigenvalue weighted by Crippen LogP contribution is -2.41. The number of hydrogen-bond acceptors (Lipinski definition) is 8. The number of hydrogen-bond donors (Lipinski definition) is 5. The molecule has 2 aromatic rings. The summed E-state index contributed by atoms with van der Waals surface area (Å²) in [6.45, 7) is 3.09. The maximum atomic E-state index is 12.4. The number of nitrogens with zero attached hydrogens (tertiary/aromatic N) is 4. The van der Waals surface area contributed by atoms with E-state index in [4.69, 9.17) is 4.98 Å². The van der Waals surface area contributed by atoms with Crippen LogP contribution < -0.4 is 26.6 Å². The van der Waals surface area contributed by atoms with Crippen LogP contribution in [0.25, 0.3) is 11.7 Å². The molecule has 0 spiro atoms. The second-order valence-electron chi connectivity index (χ2n) is 10.8. The number of rotatable bonds is 9. The SMILES string of the molecule is O=C1NC(=O)/C(=C/c2cnn3c(NC4CC4)cc(N[C@H]4CC[C@H](NC(=O)CCN5CCCC5)CC4)nc23)N1. The van der Waals surface area contributed by atoms with Crippen LogP contribution in [0.1, 0.15) is 63.4 Å². The topological polar surface area (TPSA) is 145 Å². The Bertz CT molecular complexity index is 1250. The van der Waals surface area contributed by atoms with Crippen molar-refractivity contribution in [1.29, 1.82) is 0 Å². The Morgan fingerprint density at radius 3 is 2.42 bits per heavy atom. The zero-order valence-electron chi connectivity index (χ0n) is 21.5. The van der Waals surface area contributed by atoms with Crippen LogP contribution in [0.3, 0.4) is 0 Å². The second kappa shape index (κ2) is 10.6. The summed E-state index contributed by atoms with van der Waals surface area (Å²) in [5, 5.41) is 19.6. The summed E-state index contributed by atoms with van der Waals surface area (Å²) in [6.07, 6.45) is 12.3. The Morgan fingerprint density at radius 2 is 1.71 bits per heavy atom. The van der Waals surface area contributed by atoms with Gasteiger partial charge in [0.1, 0.15) is 17.3 Å². The number of urea groups is 1. The van der Waals surface area contributed by atoms with E-state index < -0.39 is 11.9 Å². The molecule has 0 bridgehead atoms. The summed E-state index contributed by atoms with van der Waals surface area (Å²) in [5.41, 5.74) is 1.40. The van der Waals surface area contributed by atoms with Crippen molar-refractivity contribution in [2.45, 2.75) is 75.9 Å². The number of carbonyl (C=O) groups is 3. The Labute approximate surface area is 221 Å². The number of likely N-dealkylation sites (tertiary alicyclic amines) is 1. The fourth-order valence-corrected chi connectivity index (χ4v) is 5.49. The monoisotopic (exact) mass is 521 g/mol. The van der Waals surface area contributed by atoms with Crippen LogP contribution in [-0.4, -0.2) is 75.1 Å². The van der Waals surface area contributed by atoms with Crippen LogP contribution in [0.15, 0.2) is 18.0 Å². The molecule has 38 heavy (non-hydrogen) atoms. The summed E-state index contributed by atoms with van der Waals surface area (Å²) < 4.78 is 1.74. The van der Waals surface area contributed by atoms with E-state index in [1.807, 2.05) is 6.07 Å². The van der Waals surface area contributed by atoms with Crippen molar-refractivity contribution in [2.24, 2.45) is 0 Å². The first-order chi connectivity index (χ1) is 18.5. The van der Waals surface area contributed by atoms with Crippen LogP contribution >= 0.6 is 0 Å². The van der Waals surface area contributed by atoms with E-state index in [0.717, 1.165) is 69.8 Å². The van der Waals surface area contributed by atoms with Gasteiger partial charge in [-0.2, -0.15) is 9.61 Å². The van der Waals surface area contributed by atoms with Crippen molar-refractivity contribution < 1.29 is 14.4 Å². The number of anilines is 2. The van der Waals surface area contributed by atoms with Crippen molar-refractivity contribution in [3.63, 3.8) is 0 Å². The van der Waals surface area contributed by atoms with Crippen LogP contribution in [-0.2, 0) is 9.59 Å². The third-order valence-electron chi connectivity index (χ3n) is 7.75. The molecule has 0 unspecified atom stereocenters. The predicted octanol–water partition coefficient (Wildman–Crippen LogP) is 1.81. The van der Waals surface area contributed by atoms with Crippen molar-refractivity contribution in [3.8, 4) is 0 Å². The molecule has 12 heteroatoms. The summed E-state index contributed by atoms with van der Waals surface area (Å²) >= 11 is 0. The number of imide groups is 1. The van der Waals surface area contributed by atoms with Gasteiger partial charge in [-0.1, -0.05) is 0 Å². The highest BCUT2D eigenvalue weighted by Crippen LogP contribution is 2.29. The van der Waals surface area contributed by atoms with Crippen molar-refractivity contribution in [3.05, 3.63) is 23.5 Å². The van der Waals surface area contributed by atoms with Gasteiger partial charge in [-0.05, 0) is 70.5 Å². The van der Waals surface area contributed by atoms with E-state index in [2.05, 4.69) is 36.6 Å². The highest BCUT2D eigenvalue weighted by Gasteiger charge is 2.27. The standard InChI is InChI=1S/C26H35N9O3/c36-23(9-12-34-10-1-2-11-34)30-19-7-3-17(4-8-19)28-21-14-22(29-18-5-6-18)35-24(32-21)16(15-27-35)13-20-25(37)33-26(38)31-20/h13-15,17-19,29H,1-12H2,(H,28,32)(H,30,36)(H2,31,33,37,38)/b20-13-/t17-,19-.